The molecule has 0 spiro atoms. The summed E-state index contributed by atoms with van der Waals surface area (Å²) in [5.41, 5.74) is 1.60. The van der Waals surface area contributed by atoms with Crippen LogP contribution in [0.4, 0.5) is 4.39 Å². The van der Waals surface area contributed by atoms with Gasteiger partial charge in [-0.05, 0) is 43.2 Å². The highest BCUT2D eigenvalue weighted by atomic mass is 35.5. The summed E-state index contributed by atoms with van der Waals surface area (Å²) < 4.78 is 19.4. The van der Waals surface area contributed by atoms with Gasteiger partial charge < -0.3 is 10.1 Å². The summed E-state index contributed by atoms with van der Waals surface area (Å²) in [6, 6.07) is 12.2. The summed E-state index contributed by atoms with van der Waals surface area (Å²) in [5.74, 6) is 1.05. The van der Waals surface area contributed by atoms with E-state index in [1.807, 2.05) is 38.1 Å². The van der Waals surface area contributed by atoms with E-state index in [4.69, 9.17) is 16.3 Å². The van der Waals surface area contributed by atoms with Gasteiger partial charge in [-0.15, -0.1) is 11.8 Å². The summed E-state index contributed by atoms with van der Waals surface area (Å²) in [4.78, 5) is 12.0. The van der Waals surface area contributed by atoms with Gasteiger partial charge in [-0.1, -0.05) is 35.9 Å². The molecule has 1 unspecified atom stereocenters. The number of hydrogen-bond acceptors (Lipinski definition) is 3. The van der Waals surface area contributed by atoms with E-state index < -0.39 is 0 Å². The van der Waals surface area contributed by atoms with Crippen molar-refractivity contribution < 1.29 is 13.9 Å². The van der Waals surface area contributed by atoms with Crippen molar-refractivity contribution in [1.82, 2.24) is 5.32 Å². The van der Waals surface area contributed by atoms with E-state index in [9.17, 15) is 9.18 Å². The van der Waals surface area contributed by atoms with Gasteiger partial charge in [0.05, 0.1) is 11.8 Å². The molecule has 0 aliphatic rings. The number of benzene rings is 2. The van der Waals surface area contributed by atoms with Gasteiger partial charge in [0.25, 0.3) is 0 Å². The van der Waals surface area contributed by atoms with E-state index in [-0.39, 0.29) is 23.5 Å². The Kier molecular flexibility index (Phi) is 7.59. The Bertz CT molecular complexity index is 726. The van der Waals surface area contributed by atoms with Crippen LogP contribution in [-0.4, -0.2) is 24.3 Å². The van der Waals surface area contributed by atoms with Crippen LogP contribution in [0.2, 0.25) is 5.02 Å². The maximum Gasteiger partial charge on any atom is 0.230 e. The van der Waals surface area contributed by atoms with Gasteiger partial charge in [0.2, 0.25) is 5.91 Å². The number of halogens is 2. The highest BCUT2D eigenvalue weighted by Crippen LogP contribution is 2.19. The number of ether oxygens (including phenoxy) is 1. The summed E-state index contributed by atoms with van der Waals surface area (Å²) >= 11 is 7.08. The van der Waals surface area contributed by atoms with Crippen molar-refractivity contribution in [3.8, 4) is 5.75 Å². The third kappa shape index (κ3) is 6.59. The predicted molar refractivity (Wildman–Crippen MR) is 102 cm³/mol. The first-order chi connectivity index (χ1) is 12.0. The second-order valence-electron chi connectivity index (χ2n) is 5.77. The van der Waals surface area contributed by atoms with Gasteiger partial charge in [0.15, 0.2) is 0 Å². The number of rotatable bonds is 8. The molecule has 1 atom stereocenters. The Hall–Kier alpha value is -1.72. The van der Waals surface area contributed by atoms with Crippen molar-refractivity contribution in [2.45, 2.75) is 25.6 Å². The molecule has 0 fully saturated rings. The first-order valence-corrected chi connectivity index (χ1v) is 9.48. The van der Waals surface area contributed by atoms with Crippen LogP contribution in [-0.2, 0) is 10.5 Å². The number of carbonyl (C=O) groups is 1. The SMILES string of the molecule is Cc1ccccc1OCC(C)NC(=O)CSCc1ccc(Cl)cc1F. The average Bonchev–Trinajstić information content (AvgIpc) is 2.56. The molecular formula is C19H21ClFNO2S. The Labute approximate surface area is 156 Å². The molecule has 1 amide bonds. The van der Waals surface area contributed by atoms with Gasteiger partial charge in [0, 0.05) is 10.8 Å². The molecule has 0 bridgehead atoms. The molecule has 2 aromatic carbocycles. The van der Waals surface area contributed by atoms with Gasteiger partial charge in [0.1, 0.15) is 18.2 Å². The number of amides is 1. The largest absolute Gasteiger partial charge is 0.491 e. The lowest BCUT2D eigenvalue weighted by atomic mass is 10.2. The summed E-state index contributed by atoms with van der Waals surface area (Å²) in [7, 11) is 0. The van der Waals surface area contributed by atoms with Crippen LogP contribution in [0.3, 0.4) is 0 Å². The molecule has 0 saturated heterocycles. The standard InChI is InChI=1S/C19H21ClFNO2S/c1-13-5-3-4-6-18(13)24-10-14(2)22-19(23)12-25-11-15-7-8-16(20)9-17(15)21/h3-9,14H,10-12H2,1-2H3,(H,22,23). The fourth-order valence-electron chi connectivity index (χ4n) is 2.18. The van der Waals surface area contributed by atoms with Crippen molar-refractivity contribution in [3.63, 3.8) is 0 Å². The van der Waals surface area contributed by atoms with Crippen molar-refractivity contribution in [2.24, 2.45) is 0 Å². The lowest BCUT2D eigenvalue weighted by Crippen LogP contribution is -2.37. The zero-order valence-corrected chi connectivity index (χ0v) is 15.8. The van der Waals surface area contributed by atoms with E-state index in [0.717, 1.165) is 11.3 Å². The van der Waals surface area contributed by atoms with Crippen LogP contribution in [0.1, 0.15) is 18.1 Å². The van der Waals surface area contributed by atoms with Crippen molar-refractivity contribution >= 4 is 29.3 Å². The molecule has 6 heteroatoms. The summed E-state index contributed by atoms with van der Waals surface area (Å²) in [5, 5.41) is 3.25. The molecular weight excluding hydrogens is 361 g/mol. The van der Waals surface area contributed by atoms with E-state index in [1.165, 1.54) is 17.8 Å². The maximum atomic E-state index is 13.7. The van der Waals surface area contributed by atoms with Crippen LogP contribution in [0, 0.1) is 12.7 Å². The Morgan fingerprint density at radius 2 is 2.08 bits per heavy atom. The number of nitrogens with one attached hydrogen (secondary N) is 1. The van der Waals surface area contributed by atoms with E-state index in [1.54, 1.807) is 12.1 Å². The fraction of sp³-hybridized carbons (Fsp3) is 0.316. The topological polar surface area (TPSA) is 38.3 Å². The molecule has 2 aromatic rings. The molecule has 2 rings (SSSR count). The zero-order chi connectivity index (χ0) is 18.2. The molecule has 0 aromatic heterocycles. The van der Waals surface area contributed by atoms with Crippen LogP contribution < -0.4 is 10.1 Å². The second-order valence-corrected chi connectivity index (χ2v) is 7.20. The average molecular weight is 382 g/mol. The number of para-hydroxylation sites is 1. The lowest BCUT2D eigenvalue weighted by molar-refractivity contribution is -0.119. The minimum absolute atomic E-state index is 0.0970. The van der Waals surface area contributed by atoms with Crippen LogP contribution in [0.5, 0.6) is 5.75 Å². The third-order valence-corrected chi connectivity index (χ3v) is 4.71. The summed E-state index contributed by atoms with van der Waals surface area (Å²) in [6.45, 7) is 4.26. The quantitative estimate of drug-likeness (QED) is 0.726. The number of thioether (sulfide) groups is 1. The number of carbonyl (C=O) groups excluding carboxylic acids is 1. The highest BCUT2D eigenvalue weighted by Gasteiger charge is 2.10. The zero-order valence-electron chi connectivity index (χ0n) is 14.2. The molecule has 0 aliphatic heterocycles. The van der Waals surface area contributed by atoms with E-state index in [2.05, 4.69) is 5.32 Å². The first kappa shape index (κ1) is 19.6. The molecule has 3 nitrogen and oxygen atoms in total. The Morgan fingerprint density at radius 3 is 2.80 bits per heavy atom. The van der Waals surface area contributed by atoms with E-state index in [0.29, 0.717) is 22.9 Å². The smallest absolute Gasteiger partial charge is 0.230 e. The van der Waals surface area contributed by atoms with Crippen LogP contribution in [0.25, 0.3) is 0 Å². The van der Waals surface area contributed by atoms with Crippen molar-refractivity contribution in [2.75, 3.05) is 12.4 Å². The van der Waals surface area contributed by atoms with Gasteiger partial charge in [-0.2, -0.15) is 0 Å². The van der Waals surface area contributed by atoms with Crippen molar-refractivity contribution in [1.29, 1.82) is 0 Å². The van der Waals surface area contributed by atoms with Crippen LogP contribution >= 0.6 is 23.4 Å². The van der Waals surface area contributed by atoms with E-state index >= 15 is 0 Å². The molecule has 134 valence electrons. The van der Waals surface area contributed by atoms with Crippen molar-refractivity contribution in [3.05, 3.63) is 64.4 Å². The fourth-order valence-corrected chi connectivity index (χ4v) is 3.17. The minimum Gasteiger partial charge on any atom is -0.491 e. The normalized spacial score (nSPS) is 11.8. The first-order valence-electron chi connectivity index (χ1n) is 7.95. The predicted octanol–water partition coefficient (Wildman–Crippen LogP) is 4.60. The Balaban J connectivity index is 1.70. The molecule has 1 N–H and O–H groups in total. The molecule has 25 heavy (non-hydrogen) atoms. The lowest BCUT2D eigenvalue weighted by Gasteiger charge is -2.16. The molecule has 0 saturated carbocycles. The van der Waals surface area contributed by atoms with Gasteiger partial charge in [-0.25, -0.2) is 4.39 Å². The maximum absolute atomic E-state index is 13.7. The van der Waals surface area contributed by atoms with Gasteiger partial charge >= 0.3 is 0 Å². The minimum atomic E-state index is -0.347. The van der Waals surface area contributed by atoms with Gasteiger partial charge in [-0.3, -0.25) is 4.79 Å². The monoisotopic (exact) mass is 381 g/mol. The number of aryl methyl sites for hydroxylation is 1. The summed E-state index contributed by atoms with van der Waals surface area (Å²) in [6.07, 6.45) is 0. The third-order valence-electron chi connectivity index (χ3n) is 3.50. The number of hydrogen-bond donors (Lipinski definition) is 1. The molecule has 0 heterocycles. The Morgan fingerprint density at radius 1 is 1.32 bits per heavy atom. The second kappa shape index (κ2) is 9.68. The molecule has 0 radical (unpaired) electrons. The molecule has 0 aliphatic carbocycles. The highest BCUT2D eigenvalue weighted by molar-refractivity contribution is 7.99. The van der Waals surface area contributed by atoms with Crippen LogP contribution in [0.15, 0.2) is 42.5 Å².